The first-order valence-electron chi connectivity index (χ1n) is 26.0. The fraction of sp³-hybridized carbons (Fsp3) is 0.368. The lowest BCUT2D eigenvalue weighted by atomic mass is 9.90. The number of thiol groups is 2. The Morgan fingerprint density at radius 3 is 1.54 bits per heavy atom. The minimum Gasteiger partial charge on any atom is -0.507 e. The summed E-state index contributed by atoms with van der Waals surface area (Å²) in [5.41, 5.74) is 14.3. The molecule has 0 saturated carbocycles. The van der Waals surface area contributed by atoms with Crippen LogP contribution in [0.4, 0.5) is 0 Å². The van der Waals surface area contributed by atoms with Gasteiger partial charge in [0.05, 0.1) is 15.7 Å². The van der Waals surface area contributed by atoms with Gasteiger partial charge in [-0.15, -0.1) is 0 Å². The standard InChI is InChI=1S/C57H70IN9O11S2/c1-32(38-22-21-37-17-9-10-18-39(37)29-38)48(66-54(74)45(28-36-20-23-47(69)40(58)25-36)63-52(72)43(62-50(70)41(60)30-79)26-34-13-5-3-6-14-34)55(75)61-42(19-11-12-24-59)51(71)67-49(33(2)68)56(76)64-44(27-35-15-7-4-8-16-35)53(73)65-46(31-80)57(77)78/h3-10,13-18,20-23,25,29,32-33,41-46,48-49,68-69,79-80H,11-12,19,24,26-28,30-31,59-60H2,1-2H3,(H,61,75)(H,62,70)(H,63,72)(H,64,76)(H,65,73)(H,66,74)(H,67,71)(H,77,78)/t32-,33+,41+,42-,43-,44-,45-,46-,48+,49-/m0/s1. The van der Waals surface area contributed by atoms with Gasteiger partial charge in [-0.3, -0.25) is 33.6 Å². The molecule has 23 heteroatoms. The number of aliphatic carboxylic acids is 1. The molecule has 10 atom stereocenters. The number of unbranched alkanes of at least 4 members (excludes halogenated alkanes) is 1. The summed E-state index contributed by atoms with van der Waals surface area (Å²) >= 11 is 10.1. The lowest BCUT2D eigenvalue weighted by Gasteiger charge is -2.31. The zero-order valence-electron chi connectivity index (χ0n) is 44.2. The van der Waals surface area contributed by atoms with Crippen LogP contribution in [0.3, 0.4) is 0 Å². The molecule has 0 aliphatic carbocycles. The van der Waals surface area contributed by atoms with Gasteiger partial charge in [-0.2, -0.15) is 25.3 Å². The molecule has 0 saturated heterocycles. The van der Waals surface area contributed by atoms with E-state index in [1.807, 2.05) is 59.0 Å². The van der Waals surface area contributed by atoms with E-state index in [0.29, 0.717) is 38.7 Å². The van der Waals surface area contributed by atoms with Gasteiger partial charge in [0.25, 0.3) is 0 Å². The summed E-state index contributed by atoms with van der Waals surface area (Å²) in [4.78, 5) is 112. The number of fused-ring (bicyclic) bond motifs is 1. The number of phenolic OH excluding ortho intramolecular Hbond substituents is 1. The summed E-state index contributed by atoms with van der Waals surface area (Å²) in [6.45, 7) is 3.17. The average molecular weight is 1250 g/mol. The van der Waals surface area contributed by atoms with E-state index in [9.17, 15) is 44.1 Å². The van der Waals surface area contributed by atoms with E-state index in [2.05, 4.69) is 62.5 Å². The van der Waals surface area contributed by atoms with E-state index in [1.165, 1.54) is 13.0 Å². The summed E-state index contributed by atoms with van der Waals surface area (Å²) < 4.78 is 0.451. The maximum Gasteiger partial charge on any atom is 0.327 e. The van der Waals surface area contributed by atoms with Gasteiger partial charge < -0.3 is 64.0 Å². The van der Waals surface area contributed by atoms with E-state index < -0.39 is 108 Å². The SMILES string of the molecule is C[C@@H](O)[C@H](NC(=O)[C@H](CCCCN)NC(=O)[C@H](NC(=O)[C@H](Cc1ccc(O)c(I)c1)NC(=O)[C@H](Cc1ccccc1)NC(=O)[C@H](N)CS)[C@@H](C)c1ccc2ccccc2c1)C(=O)N[C@@H](Cc1ccccc1)C(=O)N[C@@H](CS)C(=O)O. The van der Waals surface area contributed by atoms with Crippen molar-refractivity contribution in [3.63, 3.8) is 0 Å². The number of aromatic hydroxyl groups is 1. The Hall–Kier alpha value is -6.77. The molecule has 14 N–H and O–H groups in total. The third kappa shape index (κ3) is 19.2. The molecular formula is C57H70IN9O11S2. The highest BCUT2D eigenvalue weighted by Gasteiger charge is 2.37. The number of hydrogen-bond donors (Lipinski definition) is 14. The van der Waals surface area contributed by atoms with Crippen LogP contribution in [-0.2, 0) is 57.6 Å². The molecule has 0 bridgehead atoms. The monoisotopic (exact) mass is 1250 g/mol. The van der Waals surface area contributed by atoms with Crippen molar-refractivity contribution >= 4 is 106 Å². The minimum absolute atomic E-state index is 0.00555. The molecule has 5 rings (SSSR count). The van der Waals surface area contributed by atoms with Gasteiger partial charge in [0, 0.05) is 36.7 Å². The van der Waals surface area contributed by atoms with Crippen LogP contribution in [0.2, 0.25) is 0 Å². The maximum atomic E-state index is 15.1. The third-order valence-corrected chi connectivity index (χ3v) is 14.9. The van der Waals surface area contributed by atoms with Crippen molar-refractivity contribution in [2.45, 2.75) is 113 Å². The number of phenols is 1. The van der Waals surface area contributed by atoms with Gasteiger partial charge in [-0.1, -0.05) is 116 Å². The molecule has 20 nitrogen and oxygen atoms in total. The molecule has 0 aliphatic heterocycles. The second-order valence-corrected chi connectivity index (χ2v) is 21.3. The van der Waals surface area contributed by atoms with E-state index in [0.717, 1.165) is 10.8 Å². The number of carbonyl (C=O) groups is 8. The first kappa shape index (κ1) is 64.1. The largest absolute Gasteiger partial charge is 0.507 e. The van der Waals surface area contributed by atoms with Crippen LogP contribution in [0, 0.1) is 3.57 Å². The Bertz CT molecular complexity index is 2930. The highest BCUT2D eigenvalue weighted by atomic mass is 127. The Morgan fingerprint density at radius 1 is 0.525 bits per heavy atom. The van der Waals surface area contributed by atoms with E-state index in [4.69, 9.17) is 11.5 Å². The van der Waals surface area contributed by atoms with Gasteiger partial charge in [0.2, 0.25) is 41.4 Å². The molecule has 0 aliphatic rings. The molecule has 5 aromatic rings. The van der Waals surface area contributed by atoms with Crippen LogP contribution in [0.15, 0.2) is 121 Å². The number of rotatable bonds is 30. The van der Waals surface area contributed by atoms with Crippen molar-refractivity contribution in [3.8, 4) is 5.75 Å². The summed E-state index contributed by atoms with van der Waals surface area (Å²) in [6, 6.07) is 23.9. The van der Waals surface area contributed by atoms with Gasteiger partial charge in [-0.25, -0.2) is 4.79 Å². The molecule has 7 amide bonds. The van der Waals surface area contributed by atoms with E-state index >= 15 is 9.59 Å². The van der Waals surface area contributed by atoms with E-state index in [1.54, 1.807) is 85.8 Å². The van der Waals surface area contributed by atoms with Crippen LogP contribution in [0.5, 0.6) is 5.75 Å². The van der Waals surface area contributed by atoms with Gasteiger partial charge in [0.15, 0.2) is 0 Å². The Balaban J connectivity index is 1.50. The molecular weight excluding hydrogens is 1180 g/mol. The molecule has 80 heavy (non-hydrogen) atoms. The van der Waals surface area contributed by atoms with Crippen molar-refractivity contribution in [2.75, 3.05) is 18.1 Å². The summed E-state index contributed by atoms with van der Waals surface area (Å²) in [7, 11) is 0. The molecule has 0 spiro atoms. The Morgan fingerprint density at radius 2 is 1.00 bits per heavy atom. The van der Waals surface area contributed by atoms with Crippen molar-refractivity contribution in [3.05, 3.63) is 147 Å². The van der Waals surface area contributed by atoms with Crippen molar-refractivity contribution in [1.29, 1.82) is 0 Å². The molecule has 5 aromatic carbocycles. The lowest BCUT2D eigenvalue weighted by molar-refractivity contribution is -0.141. The maximum absolute atomic E-state index is 15.1. The quantitative estimate of drug-likeness (QED) is 0.0178. The number of nitrogens with two attached hydrogens (primary N) is 2. The highest BCUT2D eigenvalue weighted by Crippen LogP contribution is 2.26. The zero-order valence-corrected chi connectivity index (χ0v) is 48.2. The molecule has 0 radical (unpaired) electrons. The number of nitrogens with one attached hydrogen (secondary N) is 7. The molecule has 0 unspecified atom stereocenters. The second kappa shape index (κ2) is 31.9. The van der Waals surface area contributed by atoms with Crippen LogP contribution in [-0.4, -0.2) is 135 Å². The number of aliphatic hydroxyl groups is 1. The zero-order chi connectivity index (χ0) is 58.5. The smallest absolute Gasteiger partial charge is 0.327 e. The predicted octanol–water partition coefficient (Wildman–Crippen LogP) is 2.16. The van der Waals surface area contributed by atoms with Crippen molar-refractivity contribution in [2.24, 2.45) is 11.5 Å². The van der Waals surface area contributed by atoms with Gasteiger partial charge in [0.1, 0.15) is 48.0 Å². The van der Waals surface area contributed by atoms with Crippen molar-refractivity contribution in [1.82, 2.24) is 37.2 Å². The number of aliphatic hydroxyl groups excluding tert-OH is 1. The van der Waals surface area contributed by atoms with Crippen LogP contribution in [0.1, 0.15) is 61.3 Å². The first-order valence-corrected chi connectivity index (χ1v) is 28.3. The normalized spacial score (nSPS) is 14.9. The summed E-state index contributed by atoms with van der Waals surface area (Å²) in [5.74, 6) is -8.38. The fourth-order valence-corrected chi connectivity index (χ4v) is 9.62. The molecule has 428 valence electrons. The van der Waals surface area contributed by atoms with E-state index in [-0.39, 0.29) is 49.5 Å². The number of carboxylic acids is 1. The topological polar surface area (TPSA) is 333 Å². The first-order chi connectivity index (χ1) is 38.2. The van der Waals surface area contributed by atoms with Gasteiger partial charge >= 0.3 is 5.97 Å². The van der Waals surface area contributed by atoms with Gasteiger partial charge in [-0.05, 0) is 100 Å². The Labute approximate surface area is 489 Å². The summed E-state index contributed by atoms with van der Waals surface area (Å²) in [5, 5.41) is 51.4. The number of carbonyl (C=O) groups excluding carboxylic acids is 7. The molecule has 0 heterocycles. The number of benzene rings is 5. The number of hydrogen-bond acceptors (Lipinski definition) is 14. The van der Waals surface area contributed by atoms with Crippen LogP contribution >= 0.6 is 47.8 Å². The van der Waals surface area contributed by atoms with Crippen LogP contribution in [0.25, 0.3) is 10.8 Å². The molecule has 0 fully saturated rings. The lowest BCUT2D eigenvalue weighted by Crippen LogP contribution is -2.62. The summed E-state index contributed by atoms with van der Waals surface area (Å²) in [6.07, 6.45) is -1.16. The predicted molar refractivity (Wildman–Crippen MR) is 319 cm³/mol. The number of halogens is 1. The number of carboxylic acid groups (broad SMARTS) is 1. The second-order valence-electron chi connectivity index (χ2n) is 19.4. The molecule has 0 aromatic heterocycles. The third-order valence-electron chi connectivity index (χ3n) is 13.3. The highest BCUT2D eigenvalue weighted by molar-refractivity contribution is 14.1. The average Bonchev–Trinajstić information content (AvgIpc) is 3.47. The number of amides is 7. The Kier molecular flexibility index (Phi) is 25.5. The minimum atomic E-state index is -1.72. The van der Waals surface area contributed by atoms with Crippen LogP contribution < -0.4 is 48.7 Å². The van der Waals surface area contributed by atoms with Crippen molar-refractivity contribution < 1.29 is 53.7 Å². The fourth-order valence-electron chi connectivity index (χ4n) is 8.63.